The Morgan fingerprint density at radius 1 is 1.08 bits per heavy atom. The summed E-state index contributed by atoms with van der Waals surface area (Å²) in [7, 11) is -3.50. The molecule has 25 heavy (non-hydrogen) atoms. The van der Waals surface area contributed by atoms with E-state index in [1.165, 1.54) is 24.0 Å². The largest absolute Gasteiger partial charge is 0.341 e. The lowest BCUT2D eigenvalue weighted by molar-refractivity contribution is -0.126. The Labute approximate surface area is 146 Å². The Hall–Kier alpha value is -2.67. The van der Waals surface area contributed by atoms with Crippen LogP contribution >= 0.6 is 0 Å². The molecule has 1 aliphatic heterocycles. The van der Waals surface area contributed by atoms with Crippen LogP contribution in [0.4, 0.5) is 5.69 Å². The molecule has 0 bridgehead atoms. The van der Waals surface area contributed by atoms with Crippen molar-refractivity contribution in [3.05, 3.63) is 60.2 Å². The Balaban J connectivity index is 1.83. The zero-order valence-electron chi connectivity index (χ0n) is 13.7. The van der Waals surface area contributed by atoms with Crippen molar-refractivity contribution in [2.45, 2.75) is 17.9 Å². The van der Waals surface area contributed by atoms with Crippen LogP contribution in [0.1, 0.15) is 18.5 Å². The number of amides is 2. The third kappa shape index (κ3) is 3.41. The number of carbonyl (C=O) groups excluding carboxylic acids is 2. The van der Waals surface area contributed by atoms with Gasteiger partial charge in [0.15, 0.2) is 9.84 Å². The van der Waals surface area contributed by atoms with Gasteiger partial charge in [0, 0.05) is 24.7 Å². The molecule has 130 valence electrons. The number of benzene rings is 2. The molecule has 1 atom stereocenters. The van der Waals surface area contributed by atoms with Crippen LogP contribution in [0, 0.1) is 0 Å². The fourth-order valence-electron chi connectivity index (χ4n) is 2.92. The van der Waals surface area contributed by atoms with Crippen molar-refractivity contribution >= 4 is 27.3 Å². The molecule has 0 aliphatic carbocycles. The van der Waals surface area contributed by atoms with E-state index in [1.807, 2.05) is 0 Å². The normalized spacial score (nSPS) is 16.6. The van der Waals surface area contributed by atoms with E-state index in [0.29, 0.717) is 11.3 Å². The van der Waals surface area contributed by atoms with E-state index >= 15 is 0 Å². The van der Waals surface area contributed by atoms with Gasteiger partial charge in [-0.15, -0.1) is 0 Å². The fraction of sp³-hybridized carbons (Fsp3) is 0.222. The van der Waals surface area contributed by atoms with Crippen LogP contribution in [0.2, 0.25) is 0 Å². The van der Waals surface area contributed by atoms with E-state index < -0.39 is 15.9 Å². The molecule has 0 spiro atoms. The van der Waals surface area contributed by atoms with Gasteiger partial charge in [-0.3, -0.25) is 9.59 Å². The zero-order chi connectivity index (χ0) is 18.0. The van der Waals surface area contributed by atoms with E-state index in [4.69, 9.17) is 0 Å². The highest BCUT2D eigenvalue weighted by atomic mass is 32.2. The van der Waals surface area contributed by atoms with Gasteiger partial charge >= 0.3 is 0 Å². The van der Waals surface area contributed by atoms with Crippen molar-refractivity contribution in [3.8, 4) is 0 Å². The molecular formula is C18H18N2O4S. The van der Waals surface area contributed by atoms with Crippen molar-refractivity contribution < 1.29 is 18.0 Å². The predicted molar refractivity (Wildman–Crippen MR) is 93.8 cm³/mol. The second-order valence-corrected chi connectivity index (χ2v) is 7.92. The maximum absolute atomic E-state index is 12.7. The van der Waals surface area contributed by atoms with Crippen molar-refractivity contribution in [2.75, 3.05) is 17.2 Å². The summed E-state index contributed by atoms with van der Waals surface area (Å²) in [5.41, 5.74) is 1.31. The number of nitrogens with one attached hydrogen (secondary N) is 1. The van der Waals surface area contributed by atoms with Gasteiger partial charge in [0.25, 0.3) is 5.91 Å². The van der Waals surface area contributed by atoms with Gasteiger partial charge in [0.1, 0.15) is 6.04 Å². The lowest BCUT2D eigenvalue weighted by Crippen LogP contribution is -2.38. The molecule has 6 nitrogen and oxygen atoms in total. The molecule has 7 heteroatoms. The van der Waals surface area contributed by atoms with Gasteiger partial charge < -0.3 is 10.2 Å². The van der Waals surface area contributed by atoms with Gasteiger partial charge in [0.05, 0.1) is 10.6 Å². The van der Waals surface area contributed by atoms with Crippen LogP contribution in [0.25, 0.3) is 0 Å². The molecule has 2 amide bonds. The van der Waals surface area contributed by atoms with Crippen molar-refractivity contribution in [2.24, 2.45) is 0 Å². The Morgan fingerprint density at radius 2 is 1.72 bits per heavy atom. The molecule has 0 aromatic heterocycles. The lowest BCUT2D eigenvalue weighted by atomic mass is 10.1. The van der Waals surface area contributed by atoms with Crippen molar-refractivity contribution in [1.29, 1.82) is 0 Å². The first kappa shape index (κ1) is 17.2. The van der Waals surface area contributed by atoms with Gasteiger partial charge in [-0.25, -0.2) is 8.42 Å². The van der Waals surface area contributed by atoms with Crippen LogP contribution in [0.3, 0.4) is 0 Å². The molecule has 2 aromatic rings. The summed E-state index contributed by atoms with van der Waals surface area (Å²) in [6, 6.07) is 14.5. The Kier molecular flexibility index (Phi) is 4.59. The summed E-state index contributed by atoms with van der Waals surface area (Å²) in [5, 5.41) is 2.63. The summed E-state index contributed by atoms with van der Waals surface area (Å²) in [5.74, 6) is -0.823. The number of anilines is 1. The van der Waals surface area contributed by atoms with Gasteiger partial charge in [-0.1, -0.05) is 36.4 Å². The third-order valence-corrected chi connectivity index (χ3v) is 5.80. The molecule has 1 heterocycles. The Bertz CT molecular complexity index is 910. The van der Waals surface area contributed by atoms with E-state index in [9.17, 15) is 18.0 Å². The van der Waals surface area contributed by atoms with E-state index in [-0.39, 0.29) is 29.0 Å². The minimum atomic E-state index is -3.50. The average molecular weight is 358 g/mol. The highest BCUT2D eigenvalue weighted by Crippen LogP contribution is 2.35. The first-order valence-electron chi connectivity index (χ1n) is 7.85. The number of rotatable bonds is 5. The number of nitrogens with zero attached hydrogens (tertiary/aromatic N) is 1. The van der Waals surface area contributed by atoms with Crippen LogP contribution < -0.4 is 10.2 Å². The molecule has 0 radical (unpaired) electrons. The average Bonchev–Trinajstić information content (AvgIpc) is 2.86. The quantitative estimate of drug-likeness (QED) is 0.881. The Morgan fingerprint density at radius 3 is 2.40 bits per heavy atom. The monoisotopic (exact) mass is 358 g/mol. The van der Waals surface area contributed by atoms with E-state index in [1.54, 1.807) is 42.5 Å². The molecule has 0 saturated carbocycles. The molecule has 2 aromatic carbocycles. The summed E-state index contributed by atoms with van der Waals surface area (Å²) in [6.07, 6.45) is 0. The second kappa shape index (κ2) is 6.68. The molecule has 1 aliphatic rings. The minimum Gasteiger partial charge on any atom is -0.341 e. The molecule has 0 saturated heterocycles. The minimum absolute atomic E-state index is 0.0309. The molecule has 3 rings (SSSR count). The van der Waals surface area contributed by atoms with Gasteiger partial charge in [-0.2, -0.15) is 0 Å². The molecule has 1 unspecified atom stereocenters. The van der Waals surface area contributed by atoms with Crippen LogP contribution in [-0.2, 0) is 19.4 Å². The number of para-hydroxylation sites is 1. The highest BCUT2D eigenvalue weighted by Gasteiger charge is 2.37. The topological polar surface area (TPSA) is 83.6 Å². The van der Waals surface area contributed by atoms with Gasteiger partial charge in [-0.05, 0) is 18.2 Å². The smallest absolute Gasteiger partial charge is 0.254 e. The number of sulfone groups is 1. The SMILES string of the molecule is CC(=O)NC1C(=O)N(CCS(=O)(=O)c2ccccc2)c2ccccc21. The number of hydrogen-bond donors (Lipinski definition) is 1. The molecule has 0 fully saturated rings. The maximum atomic E-state index is 12.7. The highest BCUT2D eigenvalue weighted by molar-refractivity contribution is 7.91. The number of fused-ring (bicyclic) bond motifs is 1. The summed E-state index contributed by atoms with van der Waals surface area (Å²) in [4.78, 5) is 25.7. The van der Waals surface area contributed by atoms with Crippen molar-refractivity contribution in [3.63, 3.8) is 0 Å². The van der Waals surface area contributed by atoms with Crippen LogP contribution in [0.15, 0.2) is 59.5 Å². The van der Waals surface area contributed by atoms with Crippen LogP contribution in [-0.4, -0.2) is 32.5 Å². The predicted octanol–water partition coefficient (Wildman–Crippen LogP) is 1.68. The molecule has 1 N–H and O–H groups in total. The zero-order valence-corrected chi connectivity index (χ0v) is 14.5. The van der Waals surface area contributed by atoms with Crippen LogP contribution in [0.5, 0.6) is 0 Å². The molecular weight excluding hydrogens is 340 g/mol. The summed E-state index contributed by atoms with van der Waals surface area (Å²) in [6.45, 7) is 1.38. The second-order valence-electron chi connectivity index (χ2n) is 5.81. The summed E-state index contributed by atoms with van der Waals surface area (Å²) >= 11 is 0. The van der Waals surface area contributed by atoms with E-state index in [0.717, 1.165) is 0 Å². The van der Waals surface area contributed by atoms with Crippen molar-refractivity contribution in [1.82, 2.24) is 5.32 Å². The third-order valence-electron chi connectivity index (χ3n) is 4.09. The lowest BCUT2D eigenvalue weighted by Gasteiger charge is -2.18. The summed E-state index contributed by atoms with van der Waals surface area (Å²) < 4.78 is 24.9. The first-order valence-corrected chi connectivity index (χ1v) is 9.50. The van der Waals surface area contributed by atoms with Gasteiger partial charge in [0.2, 0.25) is 5.91 Å². The number of hydrogen-bond acceptors (Lipinski definition) is 4. The maximum Gasteiger partial charge on any atom is 0.254 e. The van der Waals surface area contributed by atoms with E-state index in [2.05, 4.69) is 5.32 Å². The first-order chi connectivity index (χ1) is 11.9. The fourth-order valence-corrected chi connectivity index (χ4v) is 4.15. The standard InChI is InChI=1S/C18H18N2O4S/c1-13(21)19-17-15-9-5-6-10-16(15)20(18(17)22)11-12-25(23,24)14-7-3-2-4-8-14/h2-10,17H,11-12H2,1H3,(H,19,21). The number of carbonyl (C=O) groups is 2.